The lowest BCUT2D eigenvalue weighted by atomic mass is 10.1. The van der Waals surface area contributed by atoms with Gasteiger partial charge in [0.15, 0.2) is 5.65 Å². The van der Waals surface area contributed by atoms with E-state index in [9.17, 15) is 9.59 Å². The first-order valence-electron chi connectivity index (χ1n) is 10.3. The van der Waals surface area contributed by atoms with Crippen LogP contribution in [0.2, 0.25) is 5.02 Å². The summed E-state index contributed by atoms with van der Waals surface area (Å²) in [5.41, 5.74) is 2.37. The smallest absolute Gasteiger partial charge is 0.264 e. The van der Waals surface area contributed by atoms with Crippen molar-refractivity contribution in [3.63, 3.8) is 0 Å². The SMILES string of the molecule is Cc1nn2cncnc2c1C(=O)N[C@@H](C)c1cc2cccc(Cl)c2c(=O)n1-c1ccccc1. The van der Waals surface area contributed by atoms with E-state index < -0.39 is 6.04 Å². The second-order valence-electron chi connectivity index (χ2n) is 7.68. The van der Waals surface area contributed by atoms with E-state index in [1.807, 2.05) is 49.4 Å². The Hall–Kier alpha value is -4.04. The van der Waals surface area contributed by atoms with E-state index >= 15 is 0 Å². The number of carbonyl (C=O) groups is 1. The van der Waals surface area contributed by atoms with Crippen LogP contribution in [0, 0.1) is 6.92 Å². The lowest BCUT2D eigenvalue weighted by Gasteiger charge is -2.21. The van der Waals surface area contributed by atoms with Crippen molar-refractivity contribution in [1.82, 2.24) is 29.5 Å². The summed E-state index contributed by atoms with van der Waals surface area (Å²) in [6.07, 6.45) is 2.87. The van der Waals surface area contributed by atoms with E-state index in [-0.39, 0.29) is 11.5 Å². The highest BCUT2D eigenvalue weighted by molar-refractivity contribution is 6.35. The molecule has 0 bridgehead atoms. The largest absolute Gasteiger partial charge is 0.344 e. The number of nitrogens with zero attached hydrogens (tertiary/aromatic N) is 5. The number of hydrogen-bond donors (Lipinski definition) is 1. The van der Waals surface area contributed by atoms with Crippen molar-refractivity contribution >= 4 is 33.9 Å². The second-order valence-corrected chi connectivity index (χ2v) is 8.09. The van der Waals surface area contributed by atoms with Crippen molar-refractivity contribution < 1.29 is 4.79 Å². The van der Waals surface area contributed by atoms with E-state index in [0.717, 1.165) is 0 Å². The summed E-state index contributed by atoms with van der Waals surface area (Å²) < 4.78 is 3.05. The molecular formula is C24H19ClN6O2. The van der Waals surface area contributed by atoms with Crippen LogP contribution >= 0.6 is 11.6 Å². The zero-order chi connectivity index (χ0) is 23.1. The number of pyridine rings is 1. The molecule has 8 nitrogen and oxygen atoms in total. The van der Waals surface area contributed by atoms with E-state index in [4.69, 9.17) is 11.6 Å². The number of para-hydroxylation sites is 1. The number of fused-ring (bicyclic) bond motifs is 2. The van der Waals surface area contributed by atoms with Crippen LogP contribution in [0.5, 0.6) is 0 Å². The van der Waals surface area contributed by atoms with Crippen LogP contribution in [0.1, 0.15) is 34.7 Å². The molecule has 5 rings (SSSR count). The average molecular weight is 459 g/mol. The highest BCUT2D eigenvalue weighted by Crippen LogP contribution is 2.26. The minimum Gasteiger partial charge on any atom is -0.344 e. The van der Waals surface area contributed by atoms with Gasteiger partial charge in [-0.25, -0.2) is 14.5 Å². The van der Waals surface area contributed by atoms with E-state index in [1.54, 1.807) is 23.6 Å². The molecule has 1 N–H and O–H groups in total. The summed E-state index contributed by atoms with van der Waals surface area (Å²) in [4.78, 5) is 34.9. The second kappa shape index (κ2) is 8.14. The summed E-state index contributed by atoms with van der Waals surface area (Å²) in [6.45, 7) is 3.57. The number of nitrogens with one attached hydrogen (secondary N) is 1. The topological polar surface area (TPSA) is 94.2 Å². The van der Waals surface area contributed by atoms with Crippen molar-refractivity contribution in [3.05, 3.63) is 99.6 Å². The molecule has 0 spiro atoms. The van der Waals surface area contributed by atoms with Crippen LogP contribution in [0.25, 0.3) is 22.1 Å². The van der Waals surface area contributed by atoms with Crippen molar-refractivity contribution in [2.45, 2.75) is 19.9 Å². The number of halogens is 1. The fraction of sp³-hybridized carbons (Fsp3) is 0.125. The molecule has 0 aliphatic rings. The molecule has 1 atom stereocenters. The summed E-state index contributed by atoms with van der Waals surface area (Å²) in [6, 6.07) is 16.0. The molecule has 33 heavy (non-hydrogen) atoms. The molecule has 0 radical (unpaired) electrons. The third-order valence-electron chi connectivity index (χ3n) is 5.54. The molecule has 1 amide bonds. The van der Waals surface area contributed by atoms with E-state index in [1.165, 1.54) is 17.2 Å². The molecule has 0 saturated heterocycles. The predicted octanol–water partition coefficient (Wildman–Crippen LogP) is 3.88. The Morgan fingerprint density at radius 1 is 1.12 bits per heavy atom. The van der Waals surface area contributed by atoms with E-state index in [2.05, 4.69) is 20.4 Å². The molecule has 3 aromatic heterocycles. The maximum Gasteiger partial charge on any atom is 0.264 e. The van der Waals surface area contributed by atoms with E-state index in [0.29, 0.717) is 44.1 Å². The van der Waals surface area contributed by atoms with Crippen LogP contribution in [0.3, 0.4) is 0 Å². The van der Waals surface area contributed by atoms with Crippen LogP contribution in [0.15, 0.2) is 72.0 Å². The molecule has 0 fully saturated rings. The maximum atomic E-state index is 13.6. The zero-order valence-electron chi connectivity index (χ0n) is 17.9. The molecule has 164 valence electrons. The lowest BCUT2D eigenvalue weighted by Crippen LogP contribution is -2.32. The van der Waals surface area contributed by atoms with Gasteiger partial charge in [0.05, 0.1) is 22.1 Å². The predicted molar refractivity (Wildman–Crippen MR) is 126 cm³/mol. The first kappa shape index (κ1) is 20.8. The fourth-order valence-electron chi connectivity index (χ4n) is 4.03. The van der Waals surface area contributed by atoms with Crippen molar-refractivity contribution in [1.29, 1.82) is 0 Å². The van der Waals surface area contributed by atoms with Crippen LogP contribution in [-0.4, -0.2) is 30.1 Å². The molecule has 0 aliphatic heterocycles. The van der Waals surface area contributed by atoms with Gasteiger partial charge < -0.3 is 5.32 Å². The lowest BCUT2D eigenvalue weighted by molar-refractivity contribution is 0.0939. The highest BCUT2D eigenvalue weighted by Gasteiger charge is 2.23. The number of benzene rings is 2. The molecule has 0 saturated carbocycles. The highest BCUT2D eigenvalue weighted by atomic mass is 35.5. The Morgan fingerprint density at radius 3 is 2.70 bits per heavy atom. The van der Waals surface area contributed by atoms with Gasteiger partial charge in [-0.1, -0.05) is 41.9 Å². The quantitative estimate of drug-likeness (QED) is 0.441. The van der Waals surface area contributed by atoms with Crippen LogP contribution in [0.4, 0.5) is 0 Å². The van der Waals surface area contributed by atoms with Crippen LogP contribution < -0.4 is 10.9 Å². The molecule has 2 aromatic carbocycles. The number of rotatable bonds is 4. The molecule has 5 aromatic rings. The standard InChI is InChI=1S/C24H19ClN6O2/c1-14(28-23(32)20-15(2)29-30-13-26-12-27-22(20)30)19-11-16-7-6-10-18(25)21(16)24(33)31(19)17-8-4-3-5-9-17/h3-14H,1-2H3,(H,28,32)/t14-/m0/s1. The van der Waals surface area contributed by atoms with Gasteiger partial charge in [-0.2, -0.15) is 5.10 Å². The maximum absolute atomic E-state index is 13.6. The third kappa shape index (κ3) is 3.54. The van der Waals surface area contributed by atoms with Gasteiger partial charge in [-0.15, -0.1) is 0 Å². The molecule has 0 aliphatic carbocycles. The summed E-state index contributed by atoms with van der Waals surface area (Å²) >= 11 is 6.37. The number of amides is 1. The van der Waals surface area contributed by atoms with Crippen molar-refractivity contribution in [3.8, 4) is 5.69 Å². The fourth-order valence-corrected chi connectivity index (χ4v) is 4.29. The minimum atomic E-state index is -0.509. The molecule has 3 heterocycles. The minimum absolute atomic E-state index is 0.250. The number of carbonyl (C=O) groups excluding carboxylic acids is 1. The molecule has 9 heteroatoms. The Labute approximate surface area is 193 Å². The summed E-state index contributed by atoms with van der Waals surface area (Å²) in [5.74, 6) is -0.341. The Kier molecular flexibility index (Phi) is 5.14. The Morgan fingerprint density at radius 2 is 1.91 bits per heavy atom. The van der Waals surface area contributed by atoms with Gasteiger partial charge in [0.1, 0.15) is 18.2 Å². The Balaban J connectivity index is 1.64. The first-order valence-corrected chi connectivity index (χ1v) is 10.7. The summed E-state index contributed by atoms with van der Waals surface area (Å²) in [7, 11) is 0. The van der Waals surface area contributed by atoms with Gasteiger partial charge in [0.25, 0.3) is 11.5 Å². The van der Waals surface area contributed by atoms with Crippen molar-refractivity contribution in [2.24, 2.45) is 0 Å². The van der Waals surface area contributed by atoms with Gasteiger partial charge in [0.2, 0.25) is 0 Å². The monoisotopic (exact) mass is 458 g/mol. The van der Waals surface area contributed by atoms with Crippen LogP contribution in [-0.2, 0) is 0 Å². The van der Waals surface area contributed by atoms with Gasteiger partial charge in [0, 0.05) is 11.4 Å². The van der Waals surface area contributed by atoms with Gasteiger partial charge in [-0.3, -0.25) is 14.2 Å². The van der Waals surface area contributed by atoms with Gasteiger partial charge >= 0.3 is 0 Å². The zero-order valence-corrected chi connectivity index (χ0v) is 18.6. The molecule has 0 unspecified atom stereocenters. The van der Waals surface area contributed by atoms with Crippen molar-refractivity contribution in [2.75, 3.05) is 0 Å². The molecular weight excluding hydrogens is 440 g/mol. The third-order valence-corrected chi connectivity index (χ3v) is 5.85. The first-order chi connectivity index (χ1) is 16.0. The number of aromatic nitrogens is 5. The normalized spacial score (nSPS) is 12.2. The Bertz CT molecular complexity index is 1580. The average Bonchev–Trinajstić information content (AvgIpc) is 3.15. The van der Waals surface area contributed by atoms with Gasteiger partial charge in [-0.05, 0) is 43.5 Å². The number of hydrogen-bond acceptors (Lipinski definition) is 5. The number of aryl methyl sites for hydroxylation is 1. The summed E-state index contributed by atoms with van der Waals surface area (Å²) in [5, 5.41) is 8.82.